The van der Waals surface area contributed by atoms with Crippen LogP contribution in [0.5, 0.6) is 0 Å². The molecule has 1 aromatic carbocycles. The molecule has 0 saturated carbocycles. The van der Waals surface area contributed by atoms with Gasteiger partial charge in [-0.2, -0.15) is 8.78 Å². The SMILES string of the molecule is CCOC(=O)C(C)(C)c1ccc(SC(F)F)cc1. The van der Waals surface area contributed by atoms with Crippen LogP contribution in [0.4, 0.5) is 8.78 Å². The van der Waals surface area contributed by atoms with Crippen molar-refractivity contribution in [3.05, 3.63) is 29.8 Å². The Morgan fingerprint density at radius 2 is 1.89 bits per heavy atom. The number of esters is 1. The summed E-state index contributed by atoms with van der Waals surface area (Å²) in [5.41, 5.74) is -0.0242. The minimum atomic E-state index is -2.44. The number of rotatable bonds is 5. The molecule has 0 aliphatic rings. The maximum atomic E-state index is 12.2. The first-order chi connectivity index (χ1) is 8.37. The third kappa shape index (κ3) is 3.70. The third-order valence-electron chi connectivity index (χ3n) is 2.59. The van der Waals surface area contributed by atoms with Crippen LogP contribution in [0.25, 0.3) is 0 Å². The number of carbonyl (C=O) groups excluding carboxylic acids is 1. The standard InChI is InChI=1S/C13H16F2O2S/c1-4-17-11(16)13(2,3)9-5-7-10(8-6-9)18-12(14)15/h5-8,12H,4H2,1-3H3. The number of hydrogen-bond acceptors (Lipinski definition) is 3. The van der Waals surface area contributed by atoms with Gasteiger partial charge in [0.2, 0.25) is 0 Å². The zero-order chi connectivity index (χ0) is 13.8. The highest BCUT2D eigenvalue weighted by Crippen LogP contribution is 2.29. The predicted octanol–water partition coefficient (Wildman–Crippen LogP) is 3.84. The summed E-state index contributed by atoms with van der Waals surface area (Å²) < 4.78 is 29.3. The van der Waals surface area contributed by atoms with Gasteiger partial charge in [0.25, 0.3) is 5.76 Å². The number of hydrogen-bond donors (Lipinski definition) is 0. The van der Waals surface area contributed by atoms with Gasteiger partial charge in [-0.05, 0) is 38.5 Å². The molecule has 0 unspecified atom stereocenters. The lowest BCUT2D eigenvalue weighted by molar-refractivity contribution is -0.148. The van der Waals surface area contributed by atoms with Crippen molar-refractivity contribution in [2.75, 3.05) is 6.61 Å². The molecule has 0 fully saturated rings. The zero-order valence-electron chi connectivity index (χ0n) is 10.6. The molecular formula is C13H16F2O2S. The average molecular weight is 274 g/mol. The molecule has 0 aromatic heterocycles. The summed E-state index contributed by atoms with van der Waals surface area (Å²) in [6.45, 7) is 5.57. The van der Waals surface area contributed by atoms with Crippen molar-refractivity contribution in [3.63, 3.8) is 0 Å². The van der Waals surface area contributed by atoms with E-state index in [1.807, 2.05) is 0 Å². The van der Waals surface area contributed by atoms with Gasteiger partial charge in [0, 0.05) is 4.90 Å². The summed E-state index contributed by atoms with van der Waals surface area (Å²) in [5, 5.41) is 0. The molecule has 5 heteroatoms. The Hall–Kier alpha value is -1.10. The third-order valence-corrected chi connectivity index (χ3v) is 3.31. The minimum Gasteiger partial charge on any atom is -0.465 e. The van der Waals surface area contributed by atoms with Gasteiger partial charge in [-0.15, -0.1) is 0 Å². The van der Waals surface area contributed by atoms with Crippen LogP contribution in [0.2, 0.25) is 0 Å². The maximum absolute atomic E-state index is 12.2. The van der Waals surface area contributed by atoms with Gasteiger partial charge < -0.3 is 4.74 Å². The van der Waals surface area contributed by atoms with E-state index in [-0.39, 0.29) is 5.97 Å². The van der Waals surface area contributed by atoms with Gasteiger partial charge in [0.15, 0.2) is 0 Å². The number of alkyl halides is 2. The van der Waals surface area contributed by atoms with Crippen molar-refractivity contribution in [3.8, 4) is 0 Å². The normalized spacial score (nSPS) is 11.7. The number of halogens is 2. The van der Waals surface area contributed by atoms with Crippen molar-refractivity contribution in [1.29, 1.82) is 0 Å². The van der Waals surface area contributed by atoms with Crippen molar-refractivity contribution >= 4 is 17.7 Å². The monoisotopic (exact) mass is 274 g/mol. The second kappa shape index (κ2) is 6.18. The number of benzene rings is 1. The van der Waals surface area contributed by atoms with E-state index in [1.54, 1.807) is 45.0 Å². The lowest BCUT2D eigenvalue weighted by atomic mass is 9.85. The topological polar surface area (TPSA) is 26.3 Å². The lowest BCUT2D eigenvalue weighted by Crippen LogP contribution is -2.31. The Balaban J connectivity index is 2.86. The molecule has 0 saturated heterocycles. The lowest BCUT2D eigenvalue weighted by Gasteiger charge is -2.22. The maximum Gasteiger partial charge on any atom is 0.315 e. The van der Waals surface area contributed by atoms with E-state index in [1.165, 1.54) is 0 Å². The van der Waals surface area contributed by atoms with Gasteiger partial charge in [-0.3, -0.25) is 4.79 Å². The largest absolute Gasteiger partial charge is 0.465 e. The Morgan fingerprint density at radius 3 is 2.33 bits per heavy atom. The van der Waals surface area contributed by atoms with Crippen LogP contribution in [0.3, 0.4) is 0 Å². The molecule has 0 radical (unpaired) electrons. The fourth-order valence-corrected chi connectivity index (χ4v) is 1.98. The molecule has 0 spiro atoms. The first kappa shape index (κ1) is 15.0. The quantitative estimate of drug-likeness (QED) is 0.602. The van der Waals surface area contributed by atoms with Crippen molar-refractivity contribution in [2.45, 2.75) is 36.8 Å². The van der Waals surface area contributed by atoms with Gasteiger partial charge >= 0.3 is 5.97 Å². The van der Waals surface area contributed by atoms with E-state index in [4.69, 9.17) is 4.74 Å². The van der Waals surface area contributed by atoms with E-state index in [0.717, 1.165) is 5.56 Å². The highest BCUT2D eigenvalue weighted by molar-refractivity contribution is 7.99. The molecular weight excluding hydrogens is 258 g/mol. The van der Waals surface area contributed by atoms with Crippen LogP contribution in [0, 0.1) is 0 Å². The van der Waals surface area contributed by atoms with E-state index in [0.29, 0.717) is 23.3 Å². The van der Waals surface area contributed by atoms with E-state index < -0.39 is 11.2 Å². The smallest absolute Gasteiger partial charge is 0.315 e. The highest BCUT2D eigenvalue weighted by atomic mass is 32.2. The fourth-order valence-electron chi connectivity index (χ4n) is 1.48. The van der Waals surface area contributed by atoms with Crippen LogP contribution in [0.15, 0.2) is 29.2 Å². The van der Waals surface area contributed by atoms with Crippen molar-refractivity contribution in [2.24, 2.45) is 0 Å². The predicted molar refractivity (Wildman–Crippen MR) is 68.0 cm³/mol. The van der Waals surface area contributed by atoms with Gasteiger partial charge in [0.05, 0.1) is 12.0 Å². The summed E-state index contributed by atoms with van der Waals surface area (Å²) >= 11 is 0.487. The first-order valence-electron chi connectivity index (χ1n) is 5.60. The molecule has 1 aromatic rings. The summed E-state index contributed by atoms with van der Waals surface area (Å²) in [5.74, 6) is -2.76. The number of carbonyl (C=O) groups is 1. The van der Waals surface area contributed by atoms with Gasteiger partial charge in [-0.1, -0.05) is 23.9 Å². The molecule has 0 amide bonds. The summed E-state index contributed by atoms with van der Waals surface area (Å²) in [6.07, 6.45) is 0. The van der Waals surface area contributed by atoms with Crippen LogP contribution >= 0.6 is 11.8 Å². The van der Waals surface area contributed by atoms with E-state index in [9.17, 15) is 13.6 Å². The second-order valence-corrected chi connectivity index (χ2v) is 5.31. The Morgan fingerprint density at radius 1 is 1.33 bits per heavy atom. The van der Waals surface area contributed by atoms with Crippen LogP contribution < -0.4 is 0 Å². The highest BCUT2D eigenvalue weighted by Gasteiger charge is 2.31. The number of thioether (sulfide) groups is 1. The summed E-state index contributed by atoms with van der Waals surface area (Å²) in [4.78, 5) is 12.3. The summed E-state index contributed by atoms with van der Waals surface area (Å²) in [7, 11) is 0. The van der Waals surface area contributed by atoms with Crippen LogP contribution in [-0.2, 0) is 14.9 Å². The van der Waals surface area contributed by atoms with Crippen molar-refractivity contribution < 1.29 is 18.3 Å². The van der Waals surface area contributed by atoms with Gasteiger partial charge in [-0.25, -0.2) is 0 Å². The van der Waals surface area contributed by atoms with E-state index in [2.05, 4.69) is 0 Å². The molecule has 100 valence electrons. The molecule has 18 heavy (non-hydrogen) atoms. The molecule has 0 heterocycles. The van der Waals surface area contributed by atoms with E-state index >= 15 is 0 Å². The molecule has 1 rings (SSSR count). The van der Waals surface area contributed by atoms with Crippen LogP contribution in [0.1, 0.15) is 26.3 Å². The second-order valence-electron chi connectivity index (χ2n) is 4.25. The summed E-state index contributed by atoms with van der Waals surface area (Å²) in [6, 6.07) is 6.55. The molecule has 2 nitrogen and oxygen atoms in total. The molecule has 0 aliphatic carbocycles. The number of ether oxygens (including phenoxy) is 1. The van der Waals surface area contributed by atoms with Crippen molar-refractivity contribution in [1.82, 2.24) is 0 Å². The average Bonchev–Trinajstić information content (AvgIpc) is 2.29. The molecule has 0 atom stereocenters. The Labute approximate surface area is 110 Å². The Bertz CT molecular complexity index is 402. The Kier molecular flexibility index (Phi) is 5.14. The van der Waals surface area contributed by atoms with Crippen LogP contribution in [-0.4, -0.2) is 18.3 Å². The van der Waals surface area contributed by atoms with Gasteiger partial charge in [0.1, 0.15) is 0 Å². The molecule has 0 aliphatic heterocycles. The first-order valence-corrected chi connectivity index (χ1v) is 6.48. The zero-order valence-corrected chi connectivity index (χ0v) is 11.4. The minimum absolute atomic E-state index is 0.320. The fraction of sp³-hybridized carbons (Fsp3) is 0.462. The molecule has 0 N–H and O–H groups in total. The molecule has 0 bridgehead atoms.